The van der Waals surface area contributed by atoms with Gasteiger partial charge in [0.1, 0.15) is 6.04 Å². The van der Waals surface area contributed by atoms with Crippen LogP contribution in [0.25, 0.3) is 11.0 Å². The number of rotatable bonds is 4. The summed E-state index contributed by atoms with van der Waals surface area (Å²) in [5.74, 6) is 0.341. The van der Waals surface area contributed by atoms with Crippen LogP contribution in [0, 0.1) is 6.92 Å². The van der Waals surface area contributed by atoms with Crippen molar-refractivity contribution in [3.8, 4) is 0 Å². The van der Waals surface area contributed by atoms with E-state index in [0.29, 0.717) is 12.5 Å². The Morgan fingerprint density at radius 3 is 2.95 bits per heavy atom. The van der Waals surface area contributed by atoms with Gasteiger partial charge in [-0.05, 0) is 38.0 Å². The Hall–Kier alpha value is -2.04. The van der Waals surface area contributed by atoms with Crippen molar-refractivity contribution in [3.05, 3.63) is 23.8 Å². The fourth-order valence-corrected chi connectivity index (χ4v) is 2.15. The number of anilines is 1. The minimum absolute atomic E-state index is 0.0339. The van der Waals surface area contributed by atoms with Crippen molar-refractivity contribution in [2.75, 3.05) is 12.3 Å². The first-order valence-corrected chi connectivity index (χ1v) is 6.56. The van der Waals surface area contributed by atoms with Gasteiger partial charge in [0.25, 0.3) is 0 Å². The number of aromatic nitrogens is 2. The van der Waals surface area contributed by atoms with Gasteiger partial charge >= 0.3 is 0 Å². The molecule has 0 aliphatic rings. The Bertz CT molecular complexity index is 603. The van der Waals surface area contributed by atoms with Crippen molar-refractivity contribution in [3.63, 3.8) is 0 Å². The Morgan fingerprint density at radius 1 is 1.53 bits per heavy atom. The number of benzene rings is 1. The number of amides is 1. The van der Waals surface area contributed by atoms with Crippen LogP contribution in [0.5, 0.6) is 0 Å². The van der Waals surface area contributed by atoms with Crippen LogP contribution < -0.4 is 11.1 Å². The van der Waals surface area contributed by atoms with Gasteiger partial charge in [0.05, 0.1) is 11.0 Å². The van der Waals surface area contributed by atoms with Crippen LogP contribution >= 0.6 is 0 Å². The summed E-state index contributed by atoms with van der Waals surface area (Å²) in [6.07, 6.45) is 0.914. The van der Waals surface area contributed by atoms with Crippen LogP contribution in [0.15, 0.2) is 18.2 Å². The van der Waals surface area contributed by atoms with Crippen LogP contribution in [0.4, 0.5) is 5.95 Å². The smallest absolute Gasteiger partial charge is 0.242 e. The standard InChI is InChI=1S/C14H20N4O/c1-4-7-16-13(19)10(3)18-12-6-5-9(2)8-11(12)17-14(18)15/h5-6,8,10H,4,7H2,1-3H3,(H2,15,17)(H,16,19). The highest BCUT2D eigenvalue weighted by Crippen LogP contribution is 2.23. The van der Waals surface area contributed by atoms with Crippen molar-refractivity contribution in [1.29, 1.82) is 0 Å². The van der Waals surface area contributed by atoms with E-state index in [2.05, 4.69) is 10.3 Å². The summed E-state index contributed by atoms with van der Waals surface area (Å²) in [5, 5.41) is 2.88. The molecule has 1 aromatic carbocycles. The van der Waals surface area contributed by atoms with Gasteiger partial charge in [0, 0.05) is 6.54 Å². The van der Waals surface area contributed by atoms with E-state index in [1.807, 2.05) is 39.0 Å². The minimum Gasteiger partial charge on any atom is -0.369 e. The molecule has 2 rings (SSSR count). The van der Waals surface area contributed by atoms with Crippen molar-refractivity contribution in [1.82, 2.24) is 14.9 Å². The molecule has 1 atom stereocenters. The molecule has 102 valence electrons. The Kier molecular flexibility index (Phi) is 3.74. The monoisotopic (exact) mass is 260 g/mol. The molecular formula is C14H20N4O. The van der Waals surface area contributed by atoms with Gasteiger partial charge in [0.15, 0.2) is 0 Å². The van der Waals surface area contributed by atoms with Crippen molar-refractivity contribution < 1.29 is 4.79 Å². The quantitative estimate of drug-likeness (QED) is 0.883. The summed E-state index contributed by atoms with van der Waals surface area (Å²) in [4.78, 5) is 16.4. The number of hydrogen-bond acceptors (Lipinski definition) is 3. The van der Waals surface area contributed by atoms with E-state index in [1.54, 1.807) is 4.57 Å². The van der Waals surface area contributed by atoms with Gasteiger partial charge in [-0.3, -0.25) is 9.36 Å². The molecule has 5 nitrogen and oxygen atoms in total. The lowest BCUT2D eigenvalue weighted by atomic mass is 10.2. The minimum atomic E-state index is -0.362. The van der Waals surface area contributed by atoms with Gasteiger partial charge in [-0.1, -0.05) is 13.0 Å². The normalized spacial score (nSPS) is 12.6. The molecule has 0 bridgehead atoms. The molecule has 1 amide bonds. The van der Waals surface area contributed by atoms with Gasteiger partial charge in [0.2, 0.25) is 11.9 Å². The molecule has 0 radical (unpaired) electrons. The SMILES string of the molecule is CCCNC(=O)C(C)n1c(N)nc2cc(C)ccc21. The van der Waals surface area contributed by atoms with E-state index >= 15 is 0 Å². The van der Waals surface area contributed by atoms with E-state index in [0.717, 1.165) is 23.0 Å². The fraction of sp³-hybridized carbons (Fsp3) is 0.429. The number of nitrogen functional groups attached to an aromatic ring is 1. The molecule has 0 spiro atoms. The van der Waals surface area contributed by atoms with Crippen molar-refractivity contribution in [2.24, 2.45) is 0 Å². The second-order valence-corrected chi connectivity index (χ2v) is 4.80. The summed E-state index contributed by atoms with van der Waals surface area (Å²) in [6.45, 7) is 6.54. The molecule has 19 heavy (non-hydrogen) atoms. The number of imidazole rings is 1. The number of carbonyl (C=O) groups is 1. The third-order valence-corrected chi connectivity index (χ3v) is 3.19. The lowest BCUT2D eigenvalue weighted by molar-refractivity contribution is -0.123. The summed E-state index contributed by atoms with van der Waals surface area (Å²) >= 11 is 0. The Balaban J connectivity index is 2.38. The molecule has 5 heteroatoms. The summed E-state index contributed by atoms with van der Waals surface area (Å²) in [5.41, 5.74) is 8.79. The maximum atomic E-state index is 12.0. The second kappa shape index (κ2) is 5.30. The molecule has 2 aromatic rings. The van der Waals surface area contributed by atoms with E-state index in [9.17, 15) is 4.79 Å². The topological polar surface area (TPSA) is 72.9 Å². The number of fused-ring (bicyclic) bond motifs is 1. The highest BCUT2D eigenvalue weighted by molar-refractivity contribution is 5.85. The zero-order valence-corrected chi connectivity index (χ0v) is 11.6. The maximum absolute atomic E-state index is 12.0. The van der Waals surface area contributed by atoms with Crippen LogP contribution in [-0.4, -0.2) is 22.0 Å². The molecule has 1 unspecified atom stereocenters. The summed E-state index contributed by atoms with van der Waals surface area (Å²) < 4.78 is 1.78. The van der Waals surface area contributed by atoms with E-state index in [-0.39, 0.29) is 11.9 Å². The molecule has 0 aliphatic heterocycles. The third kappa shape index (κ3) is 2.54. The zero-order chi connectivity index (χ0) is 14.0. The largest absolute Gasteiger partial charge is 0.369 e. The molecule has 0 fully saturated rings. The Morgan fingerprint density at radius 2 is 2.26 bits per heavy atom. The van der Waals surface area contributed by atoms with Crippen LogP contribution in [0.3, 0.4) is 0 Å². The molecular weight excluding hydrogens is 240 g/mol. The molecule has 3 N–H and O–H groups in total. The number of nitrogens with zero attached hydrogens (tertiary/aromatic N) is 2. The first-order valence-electron chi connectivity index (χ1n) is 6.56. The first-order chi connectivity index (χ1) is 9.04. The third-order valence-electron chi connectivity index (χ3n) is 3.19. The summed E-state index contributed by atoms with van der Waals surface area (Å²) in [7, 11) is 0. The highest BCUT2D eigenvalue weighted by atomic mass is 16.2. The summed E-state index contributed by atoms with van der Waals surface area (Å²) in [6, 6.07) is 5.56. The highest BCUT2D eigenvalue weighted by Gasteiger charge is 2.19. The van der Waals surface area contributed by atoms with Gasteiger partial charge in [-0.2, -0.15) is 0 Å². The molecule has 0 saturated carbocycles. The average molecular weight is 260 g/mol. The number of hydrogen-bond donors (Lipinski definition) is 2. The predicted molar refractivity (Wildman–Crippen MR) is 76.9 cm³/mol. The first kappa shape index (κ1) is 13.4. The maximum Gasteiger partial charge on any atom is 0.242 e. The molecule has 1 heterocycles. The number of carbonyl (C=O) groups excluding carboxylic acids is 1. The van der Waals surface area contributed by atoms with Crippen molar-refractivity contribution in [2.45, 2.75) is 33.2 Å². The van der Waals surface area contributed by atoms with Crippen molar-refractivity contribution >= 4 is 22.9 Å². The molecule has 0 aliphatic carbocycles. The fourth-order valence-electron chi connectivity index (χ4n) is 2.15. The number of nitrogens with two attached hydrogens (primary N) is 1. The van der Waals surface area contributed by atoms with Crippen LogP contribution in [-0.2, 0) is 4.79 Å². The molecule has 1 aromatic heterocycles. The second-order valence-electron chi connectivity index (χ2n) is 4.80. The lowest BCUT2D eigenvalue weighted by Crippen LogP contribution is -2.31. The Labute approximate surface area is 112 Å². The average Bonchev–Trinajstić information content (AvgIpc) is 2.70. The van der Waals surface area contributed by atoms with Crippen LogP contribution in [0.1, 0.15) is 31.9 Å². The van der Waals surface area contributed by atoms with Gasteiger partial charge in [-0.15, -0.1) is 0 Å². The molecule has 0 saturated heterocycles. The predicted octanol–water partition coefficient (Wildman–Crippen LogP) is 2.01. The van der Waals surface area contributed by atoms with Gasteiger partial charge in [-0.25, -0.2) is 4.98 Å². The van der Waals surface area contributed by atoms with Gasteiger partial charge < -0.3 is 11.1 Å². The lowest BCUT2D eigenvalue weighted by Gasteiger charge is -2.15. The van der Waals surface area contributed by atoms with Crippen LogP contribution in [0.2, 0.25) is 0 Å². The zero-order valence-electron chi connectivity index (χ0n) is 11.6. The number of aryl methyl sites for hydroxylation is 1. The number of nitrogens with one attached hydrogen (secondary N) is 1. The van der Waals surface area contributed by atoms with E-state index in [4.69, 9.17) is 5.73 Å². The van der Waals surface area contributed by atoms with E-state index < -0.39 is 0 Å². The van der Waals surface area contributed by atoms with E-state index in [1.165, 1.54) is 0 Å².